The molecule has 3 aromatic rings. The van der Waals surface area contributed by atoms with Crippen LogP contribution in [0, 0.1) is 0 Å². The maximum absolute atomic E-state index is 13.2. The Morgan fingerprint density at radius 3 is 2.76 bits per heavy atom. The van der Waals surface area contributed by atoms with Crippen molar-refractivity contribution in [3.05, 3.63) is 71.7 Å². The van der Waals surface area contributed by atoms with Crippen molar-refractivity contribution < 1.29 is 9.53 Å². The Hall–Kier alpha value is -2.99. The molecule has 6 heteroatoms. The number of rotatable bonds is 2. The molecule has 0 bridgehead atoms. The molecule has 2 aliphatic rings. The molecule has 1 spiro atoms. The van der Waals surface area contributed by atoms with E-state index in [1.165, 1.54) is 11.1 Å². The van der Waals surface area contributed by atoms with Gasteiger partial charge < -0.3 is 9.64 Å². The maximum Gasteiger partial charge on any atom is 0.272 e. The van der Waals surface area contributed by atoms with Crippen molar-refractivity contribution in [2.24, 2.45) is 7.05 Å². The Morgan fingerprint density at radius 1 is 1.14 bits per heavy atom. The van der Waals surface area contributed by atoms with Crippen LogP contribution in [0.3, 0.4) is 0 Å². The largest absolute Gasteiger partial charge is 0.370 e. The SMILES string of the molecule is Cn1nc(-c2cccnc2)cc1C(=O)N1CCC2(CC1)OCCc1ccccc12. The van der Waals surface area contributed by atoms with Gasteiger partial charge in [-0.2, -0.15) is 5.10 Å². The highest BCUT2D eigenvalue weighted by molar-refractivity contribution is 5.93. The number of hydrogen-bond donors (Lipinski definition) is 0. The fourth-order valence-electron chi connectivity index (χ4n) is 4.59. The van der Waals surface area contributed by atoms with Crippen molar-refractivity contribution in [3.63, 3.8) is 0 Å². The second-order valence-electron chi connectivity index (χ2n) is 7.82. The summed E-state index contributed by atoms with van der Waals surface area (Å²) in [4.78, 5) is 19.3. The van der Waals surface area contributed by atoms with Crippen LogP contribution in [0.4, 0.5) is 0 Å². The number of amides is 1. The summed E-state index contributed by atoms with van der Waals surface area (Å²) in [6, 6.07) is 14.3. The third kappa shape index (κ3) is 3.13. The molecule has 2 aromatic heterocycles. The van der Waals surface area contributed by atoms with Crippen molar-refractivity contribution in [3.8, 4) is 11.3 Å². The van der Waals surface area contributed by atoms with Gasteiger partial charge in [0.1, 0.15) is 5.69 Å². The lowest BCUT2D eigenvalue weighted by Gasteiger charge is -2.45. The predicted molar refractivity (Wildman–Crippen MR) is 109 cm³/mol. The zero-order valence-corrected chi connectivity index (χ0v) is 16.5. The van der Waals surface area contributed by atoms with E-state index >= 15 is 0 Å². The van der Waals surface area contributed by atoms with E-state index in [-0.39, 0.29) is 11.5 Å². The summed E-state index contributed by atoms with van der Waals surface area (Å²) in [5.41, 5.74) is 4.71. The zero-order chi connectivity index (χ0) is 19.8. The molecule has 0 radical (unpaired) electrons. The molecule has 2 aliphatic heterocycles. The summed E-state index contributed by atoms with van der Waals surface area (Å²) >= 11 is 0. The van der Waals surface area contributed by atoms with Crippen molar-refractivity contribution in [2.75, 3.05) is 19.7 Å². The van der Waals surface area contributed by atoms with Gasteiger partial charge in [-0.1, -0.05) is 24.3 Å². The highest BCUT2D eigenvalue weighted by Crippen LogP contribution is 2.41. The van der Waals surface area contributed by atoms with Crippen LogP contribution in [-0.2, 0) is 23.8 Å². The highest BCUT2D eigenvalue weighted by Gasteiger charge is 2.41. The van der Waals surface area contributed by atoms with E-state index in [1.54, 1.807) is 17.1 Å². The van der Waals surface area contributed by atoms with E-state index in [2.05, 4.69) is 34.3 Å². The maximum atomic E-state index is 13.2. The van der Waals surface area contributed by atoms with Crippen LogP contribution in [0.5, 0.6) is 0 Å². The summed E-state index contributed by atoms with van der Waals surface area (Å²) in [6.45, 7) is 2.11. The van der Waals surface area contributed by atoms with E-state index in [1.807, 2.05) is 30.1 Å². The fourth-order valence-corrected chi connectivity index (χ4v) is 4.59. The molecule has 148 valence electrons. The Balaban J connectivity index is 1.35. The molecule has 1 aromatic carbocycles. The Morgan fingerprint density at radius 2 is 1.97 bits per heavy atom. The lowest BCUT2D eigenvalue weighted by Crippen LogP contribution is -2.48. The number of nitrogens with zero attached hydrogens (tertiary/aromatic N) is 4. The zero-order valence-electron chi connectivity index (χ0n) is 16.5. The van der Waals surface area contributed by atoms with Crippen molar-refractivity contribution >= 4 is 5.91 Å². The lowest BCUT2D eigenvalue weighted by molar-refractivity contribution is -0.0935. The molecule has 0 N–H and O–H groups in total. The van der Waals surface area contributed by atoms with E-state index in [0.717, 1.165) is 37.1 Å². The monoisotopic (exact) mass is 388 g/mol. The number of aromatic nitrogens is 3. The van der Waals surface area contributed by atoms with Crippen molar-refractivity contribution in [1.82, 2.24) is 19.7 Å². The number of piperidine rings is 1. The molecule has 0 aliphatic carbocycles. The van der Waals surface area contributed by atoms with Gasteiger partial charge in [-0.05, 0) is 48.6 Å². The predicted octanol–water partition coefficient (Wildman–Crippen LogP) is 3.19. The molecule has 1 amide bonds. The first kappa shape index (κ1) is 18.1. The number of fused-ring (bicyclic) bond motifs is 2. The number of pyridine rings is 1. The number of carbonyl (C=O) groups excluding carboxylic acids is 1. The Labute approximate surface area is 170 Å². The molecule has 0 unspecified atom stereocenters. The Kier molecular flexibility index (Phi) is 4.43. The molecule has 4 heterocycles. The second-order valence-corrected chi connectivity index (χ2v) is 7.82. The first-order chi connectivity index (χ1) is 14.2. The lowest BCUT2D eigenvalue weighted by atomic mass is 9.79. The van der Waals surface area contributed by atoms with Crippen LogP contribution in [0.2, 0.25) is 0 Å². The van der Waals surface area contributed by atoms with E-state index in [9.17, 15) is 4.79 Å². The number of aryl methyl sites for hydroxylation is 1. The van der Waals surface area contributed by atoms with Gasteiger partial charge in [0.05, 0.1) is 17.9 Å². The molecule has 1 saturated heterocycles. The number of carbonyl (C=O) groups is 1. The van der Waals surface area contributed by atoms with Crippen LogP contribution >= 0.6 is 0 Å². The van der Waals surface area contributed by atoms with Gasteiger partial charge in [0.2, 0.25) is 0 Å². The number of ether oxygens (including phenoxy) is 1. The molecule has 29 heavy (non-hydrogen) atoms. The van der Waals surface area contributed by atoms with E-state index in [0.29, 0.717) is 18.8 Å². The molecule has 6 nitrogen and oxygen atoms in total. The minimum absolute atomic E-state index is 0.0223. The molecule has 0 saturated carbocycles. The van der Waals surface area contributed by atoms with E-state index in [4.69, 9.17) is 4.74 Å². The molecular weight excluding hydrogens is 364 g/mol. The van der Waals surface area contributed by atoms with Crippen LogP contribution in [-0.4, -0.2) is 45.3 Å². The van der Waals surface area contributed by atoms with Gasteiger partial charge in [-0.25, -0.2) is 0 Å². The third-order valence-corrected chi connectivity index (χ3v) is 6.17. The van der Waals surface area contributed by atoms with Crippen LogP contribution < -0.4 is 0 Å². The molecular formula is C23H24N4O2. The van der Waals surface area contributed by atoms with Gasteiger partial charge in [-0.3, -0.25) is 14.5 Å². The van der Waals surface area contributed by atoms with Gasteiger partial charge in [0.15, 0.2) is 0 Å². The van der Waals surface area contributed by atoms with Crippen LogP contribution in [0.15, 0.2) is 54.9 Å². The first-order valence-corrected chi connectivity index (χ1v) is 10.1. The smallest absolute Gasteiger partial charge is 0.272 e. The minimum atomic E-state index is -0.251. The number of hydrogen-bond acceptors (Lipinski definition) is 4. The average molecular weight is 388 g/mol. The number of likely N-dealkylation sites (tertiary alicyclic amines) is 1. The topological polar surface area (TPSA) is 60.2 Å². The Bertz CT molecular complexity index is 1040. The first-order valence-electron chi connectivity index (χ1n) is 10.1. The van der Waals surface area contributed by atoms with Crippen molar-refractivity contribution in [1.29, 1.82) is 0 Å². The van der Waals surface area contributed by atoms with Crippen molar-refractivity contribution in [2.45, 2.75) is 24.9 Å². The van der Waals surface area contributed by atoms with Gasteiger partial charge >= 0.3 is 0 Å². The number of benzene rings is 1. The fraction of sp³-hybridized carbons (Fsp3) is 0.348. The second kappa shape index (κ2) is 7.12. The summed E-state index contributed by atoms with van der Waals surface area (Å²) < 4.78 is 7.96. The third-order valence-electron chi connectivity index (χ3n) is 6.17. The molecule has 0 atom stereocenters. The molecule has 5 rings (SSSR count). The van der Waals surface area contributed by atoms with Crippen LogP contribution in [0.1, 0.15) is 34.5 Å². The normalized spacial score (nSPS) is 17.9. The average Bonchev–Trinajstić information content (AvgIpc) is 3.16. The summed E-state index contributed by atoms with van der Waals surface area (Å²) in [7, 11) is 1.82. The van der Waals surface area contributed by atoms with E-state index < -0.39 is 0 Å². The quantitative estimate of drug-likeness (QED) is 0.677. The summed E-state index contributed by atoms with van der Waals surface area (Å²) in [6.07, 6.45) is 6.10. The highest BCUT2D eigenvalue weighted by atomic mass is 16.5. The minimum Gasteiger partial charge on any atom is -0.370 e. The van der Waals surface area contributed by atoms with Gasteiger partial charge in [-0.15, -0.1) is 0 Å². The standard InChI is InChI=1S/C23H24N4O2/c1-26-21(15-20(25-26)18-6-4-11-24-16-18)22(28)27-12-9-23(10-13-27)19-7-3-2-5-17(19)8-14-29-23/h2-7,11,15-16H,8-10,12-14H2,1H3. The summed E-state index contributed by atoms with van der Waals surface area (Å²) in [5, 5.41) is 4.51. The molecule has 1 fully saturated rings. The summed E-state index contributed by atoms with van der Waals surface area (Å²) in [5.74, 6) is 0.0223. The van der Waals surface area contributed by atoms with Gasteiger partial charge in [0.25, 0.3) is 5.91 Å². The van der Waals surface area contributed by atoms with Crippen LogP contribution in [0.25, 0.3) is 11.3 Å². The van der Waals surface area contributed by atoms with Gasteiger partial charge in [0, 0.05) is 38.1 Å².